The van der Waals surface area contributed by atoms with Gasteiger partial charge in [0, 0.05) is 0 Å². The van der Waals surface area contributed by atoms with Gasteiger partial charge in [0.25, 0.3) is 5.91 Å². The van der Waals surface area contributed by atoms with E-state index < -0.39 is 18.0 Å². The second-order valence-corrected chi connectivity index (χ2v) is 4.41. The fraction of sp³-hybridized carbons (Fsp3) is 0.125. The molecule has 1 atom stereocenters. The quantitative estimate of drug-likeness (QED) is 0.915. The molecule has 0 aliphatic rings. The summed E-state index contributed by atoms with van der Waals surface area (Å²) in [6.07, 6.45) is -0.728. The Hall–Kier alpha value is -2.82. The number of hydrogen-bond acceptors (Lipinski definition) is 3. The largest absolute Gasteiger partial charge is 0.445 e. The molecular weight excluding hydrogens is 268 g/mol. The lowest BCUT2D eigenvalue weighted by molar-refractivity contribution is -0.120. The van der Waals surface area contributed by atoms with Crippen LogP contribution in [0.2, 0.25) is 0 Å². The van der Waals surface area contributed by atoms with Crippen LogP contribution < -0.4 is 11.1 Å². The van der Waals surface area contributed by atoms with Crippen LogP contribution in [0.5, 0.6) is 0 Å². The van der Waals surface area contributed by atoms with E-state index in [1.54, 1.807) is 30.3 Å². The highest BCUT2D eigenvalue weighted by Crippen LogP contribution is 2.12. The molecule has 5 nitrogen and oxygen atoms in total. The zero-order chi connectivity index (χ0) is 15.1. The van der Waals surface area contributed by atoms with E-state index in [9.17, 15) is 9.59 Å². The first kappa shape index (κ1) is 14.6. The standard InChI is InChI=1S/C16H15N2O3/c17-15(19)14(13-9-5-2-6-10-13)18-16(20)21-11-12-7-3-1-4-8-12/h1-10,14,17H,11H2,(H,18,20). The van der Waals surface area contributed by atoms with E-state index >= 15 is 0 Å². The van der Waals surface area contributed by atoms with Crippen LogP contribution in [-0.4, -0.2) is 12.0 Å². The number of ether oxygens (including phenoxy) is 1. The van der Waals surface area contributed by atoms with Crippen molar-refractivity contribution in [2.75, 3.05) is 0 Å². The molecule has 2 amide bonds. The third kappa shape index (κ3) is 4.35. The second kappa shape index (κ2) is 7.09. The Labute approximate surface area is 122 Å². The summed E-state index contributed by atoms with van der Waals surface area (Å²) in [7, 11) is 0. The van der Waals surface area contributed by atoms with Gasteiger partial charge < -0.3 is 10.1 Å². The van der Waals surface area contributed by atoms with Crippen molar-refractivity contribution in [1.29, 1.82) is 0 Å². The zero-order valence-corrected chi connectivity index (χ0v) is 11.3. The Morgan fingerprint density at radius 2 is 1.57 bits per heavy atom. The normalized spacial score (nSPS) is 11.4. The number of nitrogens with one attached hydrogen (secondary N) is 2. The van der Waals surface area contributed by atoms with Crippen molar-refractivity contribution >= 4 is 12.0 Å². The Kier molecular flexibility index (Phi) is 4.93. The van der Waals surface area contributed by atoms with Gasteiger partial charge in [0.2, 0.25) is 0 Å². The fourth-order valence-electron chi connectivity index (χ4n) is 1.83. The average molecular weight is 283 g/mol. The second-order valence-electron chi connectivity index (χ2n) is 4.41. The zero-order valence-electron chi connectivity index (χ0n) is 11.3. The number of carbonyl (C=O) groups excluding carboxylic acids is 2. The molecule has 21 heavy (non-hydrogen) atoms. The van der Waals surface area contributed by atoms with Crippen LogP contribution in [0.1, 0.15) is 17.2 Å². The number of carbonyl (C=O) groups is 2. The van der Waals surface area contributed by atoms with Crippen LogP contribution in [0.3, 0.4) is 0 Å². The highest BCUT2D eigenvalue weighted by Gasteiger charge is 2.21. The van der Waals surface area contributed by atoms with Gasteiger partial charge in [0.15, 0.2) is 0 Å². The van der Waals surface area contributed by atoms with Gasteiger partial charge in [-0.25, -0.2) is 4.79 Å². The summed E-state index contributed by atoms with van der Waals surface area (Å²) >= 11 is 0. The van der Waals surface area contributed by atoms with Crippen LogP contribution in [0.4, 0.5) is 4.79 Å². The molecule has 0 aliphatic heterocycles. The van der Waals surface area contributed by atoms with Crippen LogP contribution in [0, 0.1) is 0 Å². The van der Waals surface area contributed by atoms with Gasteiger partial charge in [0.05, 0.1) is 0 Å². The van der Waals surface area contributed by atoms with Gasteiger partial charge >= 0.3 is 6.09 Å². The summed E-state index contributed by atoms with van der Waals surface area (Å²) in [6, 6.07) is 16.8. The molecule has 0 spiro atoms. The van der Waals surface area contributed by atoms with E-state index in [0.717, 1.165) is 5.56 Å². The highest BCUT2D eigenvalue weighted by molar-refractivity contribution is 5.84. The molecule has 0 heterocycles. The van der Waals surface area contributed by atoms with Crippen molar-refractivity contribution in [2.24, 2.45) is 0 Å². The van der Waals surface area contributed by atoms with Gasteiger partial charge in [-0.2, -0.15) is 0 Å². The minimum Gasteiger partial charge on any atom is -0.445 e. The molecule has 2 N–H and O–H groups in total. The lowest BCUT2D eigenvalue weighted by Crippen LogP contribution is -2.34. The summed E-state index contributed by atoms with van der Waals surface area (Å²) < 4.78 is 5.04. The lowest BCUT2D eigenvalue weighted by Gasteiger charge is -2.15. The van der Waals surface area contributed by atoms with Gasteiger partial charge in [-0.15, -0.1) is 0 Å². The highest BCUT2D eigenvalue weighted by atomic mass is 16.5. The van der Waals surface area contributed by atoms with Crippen LogP contribution in [0.25, 0.3) is 0 Å². The van der Waals surface area contributed by atoms with E-state index in [0.29, 0.717) is 5.56 Å². The topological polar surface area (TPSA) is 79.2 Å². The Balaban J connectivity index is 1.95. The van der Waals surface area contributed by atoms with Crippen molar-refractivity contribution < 1.29 is 14.3 Å². The van der Waals surface area contributed by atoms with E-state index in [1.807, 2.05) is 30.3 Å². The molecule has 1 radical (unpaired) electrons. The third-order valence-electron chi connectivity index (χ3n) is 2.87. The maximum atomic E-state index is 11.7. The molecule has 5 heteroatoms. The summed E-state index contributed by atoms with van der Waals surface area (Å²) in [4.78, 5) is 23.1. The first-order valence-corrected chi connectivity index (χ1v) is 6.44. The molecule has 2 aromatic carbocycles. The van der Waals surface area contributed by atoms with Crippen molar-refractivity contribution in [3.05, 3.63) is 71.8 Å². The summed E-state index contributed by atoms with van der Waals surface area (Å²) in [6.45, 7) is 0.111. The third-order valence-corrected chi connectivity index (χ3v) is 2.87. The van der Waals surface area contributed by atoms with Gasteiger partial charge in [0.1, 0.15) is 12.6 Å². The molecule has 107 valence electrons. The van der Waals surface area contributed by atoms with Crippen molar-refractivity contribution in [3.8, 4) is 0 Å². The van der Waals surface area contributed by atoms with E-state index in [1.165, 1.54) is 0 Å². The predicted molar refractivity (Wildman–Crippen MR) is 77.0 cm³/mol. The maximum absolute atomic E-state index is 11.7. The van der Waals surface area contributed by atoms with Crippen molar-refractivity contribution in [2.45, 2.75) is 12.6 Å². The minimum atomic E-state index is -1.02. The first-order valence-electron chi connectivity index (χ1n) is 6.44. The van der Waals surface area contributed by atoms with E-state index in [-0.39, 0.29) is 6.61 Å². The average Bonchev–Trinajstić information content (AvgIpc) is 2.52. The summed E-state index contributed by atoms with van der Waals surface area (Å²) in [5.41, 5.74) is 8.65. The minimum absolute atomic E-state index is 0.111. The van der Waals surface area contributed by atoms with Gasteiger partial charge in [-0.05, 0) is 11.1 Å². The van der Waals surface area contributed by atoms with E-state index in [2.05, 4.69) is 5.32 Å². The number of alkyl carbamates (subject to hydrolysis) is 1. The molecule has 0 saturated heterocycles. The number of amides is 2. The Bertz CT molecular complexity index is 599. The summed E-state index contributed by atoms with van der Waals surface area (Å²) in [5.74, 6) is -0.891. The molecule has 2 aromatic rings. The monoisotopic (exact) mass is 283 g/mol. The van der Waals surface area contributed by atoms with Crippen LogP contribution in [-0.2, 0) is 16.1 Å². The molecule has 0 bridgehead atoms. The van der Waals surface area contributed by atoms with Gasteiger partial charge in [-0.3, -0.25) is 10.5 Å². The lowest BCUT2D eigenvalue weighted by atomic mass is 10.1. The fourth-order valence-corrected chi connectivity index (χ4v) is 1.83. The number of rotatable bonds is 5. The molecule has 0 saturated carbocycles. The molecule has 1 unspecified atom stereocenters. The first-order chi connectivity index (χ1) is 10.2. The van der Waals surface area contributed by atoms with Crippen molar-refractivity contribution in [1.82, 2.24) is 11.1 Å². The molecule has 0 aromatic heterocycles. The SMILES string of the molecule is [NH]C(=O)C(NC(=O)OCc1ccccc1)c1ccccc1. The number of benzene rings is 2. The van der Waals surface area contributed by atoms with E-state index in [4.69, 9.17) is 10.5 Å². The predicted octanol–water partition coefficient (Wildman–Crippen LogP) is 2.46. The number of hydrogen-bond donors (Lipinski definition) is 1. The molecule has 2 rings (SSSR count). The van der Waals surface area contributed by atoms with Gasteiger partial charge in [-0.1, -0.05) is 60.7 Å². The molecule has 0 aliphatic carbocycles. The Morgan fingerprint density at radius 3 is 2.14 bits per heavy atom. The van der Waals surface area contributed by atoms with Crippen LogP contribution >= 0.6 is 0 Å². The van der Waals surface area contributed by atoms with Crippen molar-refractivity contribution in [3.63, 3.8) is 0 Å². The smallest absolute Gasteiger partial charge is 0.408 e. The summed E-state index contributed by atoms with van der Waals surface area (Å²) in [5, 5.41) is 2.40. The molecular formula is C16H15N2O3. The maximum Gasteiger partial charge on any atom is 0.408 e. The molecule has 0 fully saturated rings. The Morgan fingerprint density at radius 1 is 1.00 bits per heavy atom. The van der Waals surface area contributed by atoms with Crippen LogP contribution in [0.15, 0.2) is 60.7 Å².